The molecule has 2 aromatic heterocycles. The highest BCUT2D eigenvalue weighted by Crippen LogP contribution is 2.27. The van der Waals surface area contributed by atoms with Crippen molar-refractivity contribution in [2.75, 3.05) is 0 Å². The molecule has 0 radical (unpaired) electrons. The predicted octanol–water partition coefficient (Wildman–Crippen LogP) is 4.04. The van der Waals surface area contributed by atoms with E-state index in [1.54, 1.807) is 6.07 Å². The number of carbonyl (C=O) groups is 1. The molecule has 6 heteroatoms. The largest absolute Gasteiger partial charge is 0.348 e. The third-order valence-corrected chi connectivity index (χ3v) is 4.75. The van der Waals surface area contributed by atoms with E-state index in [0.29, 0.717) is 23.4 Å². The van der Waals surface area contributed by atoms with Crippen LogP contribution in [0.25, 0.3) is 33.5 Å². The zero-order valence-electron chi connectivity index (χ0n) is 14.9. The fourth-order valence-electron chi connectivity index (χ4n) is 3.34. The van der Waals surface area contributed by atoms with E-state index in [1.165, 1.54) is 0 Å². The first-order chi connectivity index (χ1) is 13.8. The number of amides is 1. The molecule has 0 unspecified atom stereocenters. The van der Waals surface area contributed by atoms with Crippen LogP contribution >= 0.6 is 0 Å². The molecule has 2 heterocycles. The van der Waals surface area contributed by atoms with Crippen LogP contribution in [0.5, 0.6) is 0 Å². The van der Waals surface area contributed by atoms with Crippen molar-refractivity contribution in [1.82, 2.24) is 25.5 Å². The second-order valence-electron chi connectivity index (χ2n) is 6.57. The number of aromatic nitrogens is 4. The van der Waals surface area contributed by atoms with Gasteiger partial charge < -0.3 is 10.3 Å². The van der Waals surface area contributed by atoms with Gasteiger partial charge in [0.2, 0.25) is 0 Å². The first-order valence-electron chi connectivity index (χ1n) is 9.04. The smallest absolute Gasteiger partial charge is 0.253 e. The number of nitrogens with one attached hydrogen (secondary N) is 3. The van der Waals surface area contributed by atoms with E-state index in [0.717, 1.165) is 27.7 Å². The molecule has 0 aliphatic rings. The molecule has 28 heavy (non-hydrogen) atoms. The van der Waals surface area contributed by atoms with Gasteiger partial charge >= 0.3 is 0 Å². The number of hydrogen-bond acceptors (Lipinski definition) is 3. The van der Waals surface area contributed by atoms with Crippen molar-refractivity contribution in [3.63, 3.8) is 0 Å². The van der Waals surface area contributed by atoms with Gasteiger partial charge in [-0.15, -0.1) is 0 Å². The summed E-state index contributed by atoms with van der Waals surface area (Å²) in [5, 5.41) is 11.4. The maximum Gasteiger partial charge on any atom is 0.253 e. The Balaban J connectivity index is 1.50. The molecule has 136 valence electrons. The standard InChI is InChI=1S/C22H17N5O/c28-22(23-13-14-7-2-1-3-8-14)16-10-6-12-18-19(16)25-21(24-18)20-15-9-4-5-11-17(15)26-27-20/h1-12H,13H2,(H,23,28)(H,24,25)(H,26,27). The second-order valence-corrected chi connectivity index (χ2v) is 6.57. The lowest BCUT2D eigenvalue weighted by atomic mass is 10.1. The highest BCUT2D eigenvalue weighted by atomic mass is 16.1. The summed E-state index contributed by atoms with van der Waals surface area (Å²) >= 11 is 0. The molecule has 3 aromatic carbocycles. The minimum atomic E-state index is -0.153. The number of H-pyrrole nitrogens is 2. The van der Waals surface area contributed by atoms with Gasteiger partial charge in [-0.05, 0) is 23.8 Å². The Bertz CT molecular complexity index is 1290. The molecule has 0 spiro atoms. The molecule has 0 bridgehead atoms. The Labute approximate surface area is 160 Å². The fourth-order valence-corrected chi connectivity index (χ4v) is 3.34. The molecule has 3 N–H and O–H groups in total. The zero-order valence-corrected chi connectivity index (χ0v) is 14.9. The van der Waals surface area contributed by atoms with E-state index in [-0.39, 0.29) is 5.91 Å². The summed E-state index contributed by atoms with van der Waals surface area (Å²) in [7, 11) is 0. The van der Waals surface area contributed by atoms with Crippen LogP contribution in [0.3, 0.4) is 0 Å². The van der Waals surface area contributed by atoms with Gasteiger partial charge in [-0.3, -0.25) is 9.89 Å². The number of aromatic amines is 2. The third kappa shape index (κ3) is 2.81. The molecular weight excluding hydrogens is 350 g/mol. The Hall–Kier alpha value is -3.93. The molecule has 0 atom stereocenters. The van der Waals surface area contributed by atoms with Crippen LogP contribution in [-0.2, 0) is 6.54 Å². The van der Waals surface area contributed by atoms with Gasteiger partial charge in [0.1, 0.15) is 11.2 Å². The van der Waals surface area contributed by atoms with Crippen molar-refractivity contribution >= 4 is 27.8 Å². The van der Waals surface area contributed by atoms with Crippen molar-refractivity contribution < 1.29 is 4.79 Å². The monoisotopic (exact) mass is 367 g/mol. The van der Waals surface area contributed by atoms with E-state index >= 15 is 0 Å². The van der Waals surface area contributed by atoms with Crippen LogP contribution in [0.2, 0.25) is 0 Å². The molecular formula is C22H17N5O. The minimum Gasteiger partial charge on any atom is -0.348 e. The Morgan fingerprint density at radius 3 is 2.57 bits per heavy atom. The number of rotatable bonds is 4. The van der Waals surface area contributed by atoms with Gasteiger partial charge in [-0.25, -0.2) is 4.98 Å². The number of para-hydroxylation sites is 2. The predicted molar refractivity (Wildman–Crippen MR) is 109 cm³/mol. The lowest BCUT2D eigenvalue weighted by molar-refractivity contribution is 0.0952. The second kappa shape index (κ2) is 6.66. The van der Waals surface area contributed by atoms with Gasteiger partial charge in [0.05, 0.1) is 16.6 Å². The first-order valence-corrected chi connectivity index (χ1v) is 9.04. The normalized spacial score (nSPS) is 11.1. The van der Waals surface area contributed by atoms with Crippen molar-refractivity contribution in [2.24, 2.45) is 0 Å². The average molecular weight is 367 g/mol. The van der Waals surface area contributed by atoms with Crippen molar-refractivity contribution in [2.45, 2.75) is 6.54 Å². The van der Waals surface area contributed by atoms with Crippen LogP contribution in [0.1, 0.15) is 15.9 Å². The van der Waals surface area contributed by atoms with E-state index in [1.807, 2.05) is 66.7 Å². The van der Waals surface area contributed by atoms with Crippen molar-refractivity contribution in [1.29, 1.82) is 0 Å². The quantitative estimate of drug-likeness (QED) is 0.448. The molecule has 0 saturated heterocycles. The third-order valence-electron chi connectivity index (χ3n) is 4.75. The number of imidazole rings is 1. The van der Waals surface area contributed by atoms with E-state index in [4.69, 9.17) is 0 Å². The summed E-state index contributed by atoms with van der Waals surface area (Å²) < 4.78 is 0. The van der Waals surface area contributed by atoms with Crippen LogP contribution in [-0.4, -0.2) is 26.1 Å². The maximum absolute atomic E-state index is 12.8. The Kier molecular flexibility index (Phi) is 3.87. The number of nitrogens with zero attached hydrogens (tertiary/aromatic N) is 2. The first kappa shape index (κ1) is 16.3. The topological polar surface area (TPSA) is 86.5 Å². The molecule has 6 nitrogen and oxygen atoms in total. The van der Waals surface area contributed by atoms with Crippen LogP contribution in [0.4, 0.5) is 0 Å². The van der Waals surface area contributed by atoms with Crippen LogP contribution < -0.4 is 5.32 Å². The van der Waals surface area contributed by atoms with Crippen molar-refractivity contribution in [3.05, 3.63) is 83.9 Å². The van der Waals surface area contributed by atoms with E-state index < -0.39 is 0 Å². The lowest BCUT2D eigenvalue weighted by Gasteiger charge is -2.05. The fraction of sp³-hybridized carbons (Fsp3) is 0.0455. The Morgan fingerprint density at radius 2 is 1.68 bits per heavy atom. The summed E-state index contributed by atoms with van der Waals surface area (Å²) in [6.07, 6.45) is 0. The van der Waals surface area contributed by atoms with Gasteiger partial charge in [-0.2, -0.15) is 5.10 Å². The highest BCUT2D eigenvalue weighted by Gasteiger charge is 2.16. The highest BCUT2D eigenvalue weighted by molar-refractivity contribution is 6.05. The molecule has 0 saturated carbocycles. The molecule has 0 fully saturated rings. The summed E-state index contributed by atoms with van der Waals surface area (Å²) in [5.74, 6) is 0.482. The number of fused-ring (bicyclic) bond motifs is 2. The Morgan fingerprint density at radius 1 is 0.893 bits per heavy atom. The molecule has 1 amide bonds. The van der Waals surface area contributed by atoms with Crippen LogP contribution in [0, 0.1) is 0 Å². The van der Waals surface area contributed by atoms with Gasteiger partial charge in [0.15, 0.2) is 5.82 Å². The van der Waals surface area contributed by atoms with Gasteiger partial charge in [-0.1, -0.05) is 54.6 Å². The molecule has 0 aliphatic heterocycles. The van der Waals surface area contributed by atoms with Gasteiger partial charge in [0.25, 0.3) is 5.91 Å². The molecule has 5 aromatic rings. The SMILES string of the molecule is O=C(NCc1ccccc1)c1cccc2[nH]c(-c3n[nH]c4ccccc34)nc12. The summed E-state index contributed by atoms with van der Waals surface area (Å²) in [4.78, 5) is 20.7. The summed E-state index contributed by atoms with van der Waals surface area (Å²) in [6.45, 7) is 0.470. The number of carbonyl (C=O) groups excluding carboxylic acids is 1. The number of benzene rings is 3. The maximum atomic E-state index is 12.8. The van der Waals surface area contributed by atoms with E-state index in [2.05, 4.69) is 25.5 Å². The molecule has 0 aliphatic carbocycles. The number of hydrogen-bond donors (Lipinski definition) is 3. The van der Waals surface area contributed by atoms with Gasteiger partial charge in [0, 0.05) is 11.9 Å². The van der Waals surface area contributed by atoms with E-state index in [9.17, 15) is 4.79 Å². The average Bonchev–Trinajstić information content (AvgIpc) is 3.36. The summed E-state index contributed by atoms with van der Waals surface area (Å²) in [5.41, 5.74) is 4.70. The lowest BCUT2D eigenvalue weighted by Crippen LogP contribution is -2.23. The molecule has 5 rings (SSSR count). The van der Waals surface area contributed by atoms with Crippen LogP contribution in [0.15, 0.2) is 72.8 Å². The zero-order chi connectivity index (χ0) is 18.9. The minimum absolute atomic E-state index is 0.153. The van der Waals surface area contributed by atoms with Crippen molar-refractivity contribution in [3.8, 4) is 11.5 Å². The summed E-state index contributed by atoms with van der Waals surface area (Å²) in [6, 6.07) is 23.3.